The maximum atomic E-state index is 14.6. The molecule has 0 radical (unpaired) electrons. The summed E-state index contributed by atoms with van der Waals surface area (Å²) in [6.07, 6.45) is 6.17. The minimum Gasteiger partial charge on any atom is -0.348 e. The number of imidazole rings is 2. The first-order valence-electron chi connectivity index (χ1n) is 7.81. The predicted octanol–water partition coefficient (Wildman–Crippen LogP) is 3.08. The van der Waals surface area contributed by atoms with Gasteiger partial charge in [0.15, 0.2) is 0 Å². The van der Waals surface area contributed by atoms with Gasteiger partial charge in [-0.15, -0.1) is 0 Å². The second-order valence-corrected chi connectivity index (χ2v) is 6.39. The van der Waals surface area contributed by atoms with E-state index in [9.17, 15) is 4.39 Å². The molecule has 0 aliphatic carbocycles. The van der Waals surface area contributed by atoms with Crippen molar-refractivity contribution in [2.24, 2.45) is 7.05 Å². The zero-order valence-corrected chi connectivity index (χ0v) is 14.0. The second-order valence-electron chi connectivity index (χ2n) is 5.98. The van der Waals surface area contributed by atoms with Gasteiger partial charge in [0.2, 0.25) is 0 Å². The summed E-state index contributed by atoms with van der Waals surface area (Å²) in [5.41, 5.74) is 2.35. The Morgan fingerprint density at radius 1 is 1.38 bits per heavy atom. The predicted molar refractivity (Wildman–Crippen MR) is 89.2 cm³/mol. The normalized spacial score (nSPS) is 17.9. The highest BCUT2D eigenvalue weighted by molar-refractivity contribution is 6.31. The lowest BCUT2D eigenvalue weighted by molar-refractivity contribution is 0.190. The molecule has 0 amide bonds. The molecule has 1 aliphatic heterocycles. The number of benzene rings is 1. The van der Waals surface area contributed by atoms with E-state index in [0.717, 1.165) is 30.2 Å². The summed E-state index contributed by atoms with van der Waals surface area (Å²) in [5.74, 6) is 0.611. The summed E-state index contributed by atoms with van der Waals surface area (Å²) >= 11 is 6.35. The number of rotatable bonds is 3. The van der Waals surface area contributed by atoms with Crippen LogP contribution in [0.2, 0.25) is 5.02 Å². The molecule has 7 heteroatoms. The molecular formula is C17H17ClFN5. The third-order valence-corrected chi connectivity index (χ3v) is 4.89. The average Bonchev–Trinajstić information content (AvgIpc) is 3.18. The van der Waals surface area contributed by atoms with Crippen molar-refractivity contribution < 1.29 is 4.39 Å². The van der Waals surface area contributed by atoms with Gasteiger partial charge in [-0.1, -0.05) is 17.7 Å². The van der Waals surface area contributed by atoms with Crippen LogP contribution in [0.5, 0.6) is 0 Å². The molecule has 2 aromatic heterocycles. The second kappa shape index (κ2) is 6.03. The Kier molecular flexibility index (Phi) is 3.86. The van der Waals surface area contributed by atoms with Crippen LogP contribution in [0.4, 0.5) is 4.39 Å². The maximum absolute atomic E-state index is 14.6. The van der Waals surface area contributed by atoms with E-state index in [0.29, 0.717) is 17.1 Å². The number of halogens is 2. The molecule has 1 aliphatic rings. The number of nitrogens with one attached hydrogen (secondary N) is 1. The van der Waals surface area contributed by atoms with Crippen molar-refractivity contribution in [2.75, 3.05) is 6.54 Å². The quantitative estimate of drug-likeness (QED) is 0.793. The van der Waals surface area contributed by atoms with Gasteiger partial charge < -0.3 is 9.55 Å². The van der Waals surface area contributed by atoms with Crippen molar-refractivity contribution in [3.05, 3.63) is 70.5 Å². The molecule has 0 saturated heterocycles. The van der Waals surface area contributed by atoms with Gasteiger partial charge in [0, 0.05) is 48.7 Å². The van der Waals surface area contributed by atoms with Crippen molar-refractivity contribution >= 4 is 11.6 Å². The highest BCUT2D eigenvalue weighted by Gasteiger charge is 2.34. The third-order valence-electron chi connectivity index (χ3n) is 4.56. The van der Waals surface area contributed by atoms with E-state index in [-0.39, 0.29) is 11.9 Å². The van der Waals surface area contributed by atoms with E-state index in [4.69, 9.17) is 11.6 Å². The van der Waals surface area contributed by atoms with Gasteiger partial charge in [0.25, 0.3) is 0 Å². The molecule has 3 aromatic rings. The molecule has 0 saturated carbocycles. The van der Waals surface area contributed by atoms with Crippen LogP contribution >= 0.6 is 11.6 Å². The van der Waals surface area contributed by atoms with E-state index in [1.54, 1.807) is 24.7 Å². The van der Waals surface area contributed by atoms with Crippen LogP contribution in [-0.2, 0) is 20.0 Å². The van der Waals surface area contributed by atoms with Crippen LogP contribution < -0.4 is 0 Å². The van der Waals surface area contributed by atoms with Gasteiger partial charge in [-0.2, -0.15) is 0 Å². The summed E-state index contributed by atoms with van der Waals surface area (Å²) < 4.78 is 16.6. The minimum atomic E-state index is -0.328. The Morgan fingerprint density at radius 3 is 3.00 bits per heavy atom. The summed E-state index contributed by atoms with van der Waals surface area (Å²) in [4.78, 5) is 14.2. The van der Waals surface area contributed by atoms with Crippen molar-refractivity contribution in [1.29, 1.82) is 0 Å². The molecule has 1 unspecified atom stereocenters. The van der Waals surface area contributed by atoms with Gasteiger partial charge in [0.1, 0.15) is 11.6 Å². The lowest BCUT2D eigenvalue weighted by Gasteiger charge is -2.35. The summed E-state index contributed by atoms with van der Waals surface area (Å²) in [6.45, 7) is 1.38. The number of aromatic nitrogens is 4. The largest absolute Gasteiger partial charge is 0.348 e. The van der Waals surface area contributed by atoms with E-state index in [1.807, 2.05) is 17.8 Å². The van der Waals surface area contributed by atoms with Gasteiger partial charge >= 0.3 is 0 Å². The molecule has 0 spiro atoms. The molecule has 1 atom stereocenters. The summed E-state index contributed by atoms with van der Waals surface area (Å²) in [7, 11) is 1.96. The van der Waals surface area contributed by atoms with Crippen LogP contribution in [0.3, 0.4) is 0 Å². The Balaban J connectivity index is 1.80. The van der Waals surface area contributed by atoms with Crippen LogP contribution in [0.25, 0.3) is 0 Å². The fraction of sp³-hybridized carbons (Fsp3) is 0.294. The molecule has 4 rings (SSSR count). The highest BCUT2D eigenvalue weighted by Crippen LogP contribution is 2.38. The molecule has 3 heterocycles. The Hall–Kier alpha value is -2.18. The fourth-order valence-electron chi connectivity index (χ4n) is 3.32. The molecule has 124 valence electrons. The molecular weight excluding hydrogens is 329 g/mol. The molecule has 1 N–H and O–H groups in total. The number of hydrogen-bond donors (Lipinski definition) is 1. The van der Waals surface area contributed by atoms with Crippen LogP contribution in [0.1, 0.15) is 28.8 Å². The average molecular weight is 346 g/mol. The molecule has 0 bridgehead atoms. The first-order chi connectivity index (χ1) is 11.6. The lowest BCUT2D eigenvalue weighted by atomic mass is 9.95. The minimum absolute atomic E-state index is 0.312. The van der Waals surface area contributed by atoms with Gasteiger partial charge in [-0.05, 0) is 12.1 Å². The molecule has 0 fully saturated rings. The SMILES string of the molecule is Cn1ccnc1CN1CCc2[nH]cnc2C1c1c(F)cccc1Cl. The van der Waals surface area contributed by atoms with Gasteiger partial charge in [0.05, 0.1) is 24.6 Å². The number of H-pyrrole nitrogens is 1. The van der Waals surface area contributed by atoms with E-state index >= 15 is 0 Å². The maximum Gasteiger partial charge on any atom is 0.129 e. The first-order valence-corrected chi connectivity index (χ1v) is 8.19. The number of aryl methyl sites for hydroxylation is 1. The zero-order chi connectivity index (χ0) is 16.7. The van der Waals surface area contributed by atoms with Crippen LogP contribution in [0.15, 0.2) is 36.9 Å². The van der Waals surface area contributed by atoms with Crippen LogP contribution in [-0.4, -0.2) is 31.0 Å². The fourth-order valence-corrected chi connectivity index (χ4v) is 3.58. The monoisotopic (exact) mass is 345 g/mol. The van der Waals surface area contributed by atoms with Crippen molar-refractivity contribution in [3.8, 4) is 0 Å². The van der Waals surface area contributed by atoms with Crippen molar-refractivity contribution in [1.82, 2.24) is 24.4 Å². The Labute approximate surface area is 144 Å². The van der Waals surface area contributed by atoms with Gasteiger partial charge in [-0.3, -0.25) is 4.90 Å². The Morgan fingerprint density at radius 2 is 2.25 bits per heavy atom. The number of nitrogens with zero attached hydrogens (tertiary/aromatic N) is 4. The molecule has 5 nitrogen and oxygen atoms in total. The van der Waals surface area contributed by atoms with E-state index in [2.05, 4.69) is 19.9 Å². The highest BCUT2D eigenvalue weighted by atomic mass is 35.5. The lowest BCUT2D eigenvalue weighted by Crippen LogP contribution is -2.37. The molecule has 1 aromatic carbocycles. The molecule has 24 heavy (non-hydrogen) atoms. The van der Waals surface area contributed by atoms with Crippen LogP contribution in [0, 0.1) is 5.82 Å². The Bertz CT molecular complexity index is 851. The summed E-state index contributed by atoms with van der Waals surface area (Å²) in [5, 5.41) is 0.417. The smallest absolute Gasteiger partial charge is 0.129 e. The van der Waals surface area contributed by atoms with Crippen molar-refractivity contribution in [3.63, 3.8) is 0 Å². The third kappa shape index (κ3) is 2.52. The van der Waals surface area contributed by atoms with E-state index in [1.165, 1.54) is 6.07 Å². The van der Waals surface area contributed by atoms with Gasteiger partial charge in [-0.25, -0.2) is 14.4 Å². The number of hydrogen-bond acceptors (Lipinski definition) is 3. The zero-order valence-electron chi connectivity index (χ0n) is 13.2. The first kappa shape index (κ1) is 15.4. The standard InChI is InChI=1S/C17H17ClFN5/c1-23-8-6-20-14(23)9-24-7-5-13-16(22-10-21-13)17(24)15-11(18)3-2-4-12(15)19/h2-4,6,8,10,17H,5,7,9H2,1H3,(H,21,22). The summed E-state index contributed by atoms with van der Waals surface area (Å²) in [6, 6.07) is 4.46. The number of aromatic amines is 1. The van der Waals surface area contributed by atoms with E-state index < -0.39 is 0 Å². The topological polar surface area (TPSA) is 49.7 Å². The number of fused-ring (bicyclic) bond motifs is 1. The van der Waals surface area contributed by atoms with Crippen molar-refractivity contribution in [2.45, 2.75) is 19.0 Å².